The first-order valence-corrected chi connectivity index (χ1v) is 5.38. The number of hydrogen-bond acceptors (Lipinski definition) is 5. The second-order valence-electron chi connectivity index (χ2n) is 3.56. The summed E-state index contributed by atoms with van der Waals surface area (Å²) in [4.78, 5) is 0. The van der Waals surface area contributed by atoms with Crippen LogP contribution in [0.1, 0.15) is 5.56 Å². The van der Waals surface area contributed by atoms with Crippen LogP contribution >= 0.6 is 0 Å². The van der Waals surface area contributed by atoms with Crippen LogP contribution in [0.3, 0.4) is 0 Å². The molecule has 0 aromatic heterocycles. The number of para-hydroxylation sites is 1. The normalized spacial score (nSPS) is 12.2. The molecule has 0 aliphatic carbocycles. The molecule has 1 unspecified atom stereocenters. The lowest BCUT2D eigenvalue weighted by Crippen LogP contribution is -2.25. The van der Waals surface area contributed by atoms with Crippen LogP contribution in [0.15, 0.2) is 18.2 Å². The van der Waals surface area contributed by atoms with Crippen molar-refractivity contribution in [3.05, 3.63) is 23.8 Å². The number of aliphatic hydroxyl groups is 1. The Morgan fingerprint density at radius 2 is 2.06 bits per heavy atom. The van der Waals surface area contributed by atoms with Gasteiger partial charge in [0, 0.05) is 12.1 Å². The maximum atomic E-state index is 9.26. The van der Waals surface area contributed by atoms with Gasteiger partial charge in [-0.25, -0.2) is 0 Å². The van der Waals surface area contributed by atoms with Crippen LogP contribution in [0, 0.1) is 0 Å². The van der Waals surface area contributed by atoms with Crippen LogP contribution < -0.4 is 15.2 Å². The Balaban J connectivity index is 2.64. The largest absolute Gasteiger partial charge is 0.493 e. The van der Waals surface area contributed by atoms with Crippen LogP contribution in [0.2, 0.25) is 0 Å². The highest BCUT2D eigenvalue weighted by molar-refractivity contribution is 5.46. The fourth-order valence-electron chi connectivity index (χ4n) is 1.44. The number of aliphatic hydroxyl groups excluding tert-OH is 1. The molecule has 1 aromatic carbocycles. The summed E-state index contributed by atoms with van der Waals surface area (Å²) in [6.45, 7) is 0.740. The van der Waals surface area contributed by atoms with Gasteiger partial charge in [0.25, 0.3) is 0 Å². The predicted octanol–water partition coefficient (Wildman–Crippen LogP) is 0.540. The van der Waals surface area contributed by atoms with Gasteiger partial charge in [0.2, 0.25) is 0 Å². The summed E-state index contributed by atoms with van der Waals surface area (Å²) in [5.41, 5.74) is 6.15. The van der Waals surface area contributed by atoms with Crippen molar-refractivity contribution in [2.75, 3.05) is 27.4 Å². The third-order valence-electron chi connectivity index (χ3n) is 2.32. The van der Waals surface area contributed by atoms with Crippen molar-refractivity contribution < 1.29 is 19.3 Å². The van der Waals surface area contributed by atoms with Crippen molar-refractivity contribution in [2.24, 2.45) is 5.73 Å². The van der Waals surface area contributed by atoms with Crippen molar-refractivity contribution in [2.45, 2.75) is 12.7 Å². The molecule has 0 aliphatic rings. The molecule has 1 rings (SSSR count). The summed E-state index contributed by atoms with van der Waals surface area (Å²) in [5.74, 6) is 1.31. The van der Waals surface area contributed by atoms with Crippen LogP contribution in [0.5, 0.6) is 11.5 Å². The molecule has 0 amide bonds. The number of hydrogen-bond donors (Lipinski definition) is 2. The van der Waals surface area contributed by atoms with E-state index in [4.69, 9.17) is 19.9 Å². The Morgan fingerprint density at radius 3 is 2.65 bits per heavy atom. The van der Waals surface area contributed by atoms with Crippen LogP contribution in [0.4, 0.5) is 0 Å². The van der Waals surface area contributed by atoms with Crippen molar-refractivity contribution in [3.8, 4) is 11.5 Å². The predicted molar refractivity (Wildman–Crippen MR) is 64.3 cm³/mol. The smallest absolute Gasteiger partial charge is 0.166 e. The molecule has 0 saturated heterocycles. The molecule has 0 aliphatic heterocycles. The minimum Gasteiger partial charge on any atom is -0.493 e. The van der Waals surface area contributed by atoms with E-state index in [9.17, 15) is 5.11 Å². The lowest BCUT2D eigenvalue weighted by molar-refractivity contribution is 0.0321. The zero-order valence-electron chi connectivity index (χ0n) is 10.2. The molecule has 0 radical (unpaired) electrons. The molecular formula is C12H19NO4. The molecule has 5 nitrogen and oxygen atoms in total. The molecule has 17 heavy (non-hydrogen) atoms. The molecule has 5 heteroatoms. The van der Waals surface area contributed by atoms with E-state index in [1.165, 1.54) is 0 Å². The molecule has 96 valence electrons. The Labute approximate surface area is 101 Å². The van der Waals surface area contributed by atoms with Gasteiger partial charge in [0.15, 0.2) is 11.5 Å². The minimum absolute atomic E-state index is 0.190. The molecule has 0 bridgehead atoms. The summed E-state index contributed by atoms with van der Waals surface area (Å²) >= 11 is 0. The maximum absolute atomic E-state index is 9.26. The fraction of sp³-hybridized carbons (Fsp3) is 0.500. The van der Waals surface area contributed by atoms with Crippen LogP contribution in [-0.4, -0.2) is 38.6 Å². The summed E-state index contributed by atoms with van der Waals surface area (Å²) in [6, 6.07) is 5.56. The van der Waals surface area contributed by atoms with Gasteiger partial charge < -0.3 is 25.1 Å². The Bertz CT molecular complexity index is 343. The number of nitrogens with two attached hydrogens (primary N) is 1. The van der Waals surface area contributed by atoms with E-state index in [2.05, 4.69) is 0 Å². The van der Waals surface area contributed by atoms with Gasteiger partial charge in [0.05, 0.1) is 33.5 Å². The van der Waals surface area contributed by atoms with Crippen molar-refractivity contribution >= 4 is 0 Å². The second kappa shape index (κ2) is 7.11. The molecule has 0 heterocycles. The van der Waals surface area contributed by atoms with Crippen molar-refractivity contribution in [1.82, 2.24) is 0 Å². The van der Waals surface area contributed by atoms with E-state index in [-0.39, 0.29) is 13.2 Å². The zero-order valence-corrected chi connectivity index (χ0v) is 10.2. The highest BCUT2D eigenvalue weighted by Crippen LogP contribution is 2.30. The van der Waals surface area contributed by atoms with E-state index in [1.54, 1.807) is 14.2 Å². The molecule has 0 spiro atoms. The van der Waals surface area contributed by atoms with Crippen LogP contribution in [-0.2, 0) is 11.3 Å². The monoisotopic (exact) mass is 241 g/mol. The first-order valence-electron chi connectivity index (χ1n) is 5.38. The van der Waals surface area contributed by atoms with E-state index in [0.29, 0.717) is 18.1 Å². The highest BCUT2D eigenvalue weighted by atomic mass is 16.5. The van der Waals surface area contributed by atoms with Gasteiger partial charge in [-0.05, 0) is 6.07 Å². The number of rotatable bonds is 7. The Morgan fingerprint density at radius 1 is 1.29 bits per heavy atom. The molecule has 1 aromatic rings. The van der Waals surface area contributed by atoms with Crippen molar-refractivity contribution in [3.63, 3.8) is 0 Å². The lowest BCUT2D eigenvalue weighted by atomic mass is 10.2. The lowest BCUT2D eigenvalue weighted by Gasteiger charge is -2.13. The maximum Gasteiger partial charge on any atom is 0.166 e. The molecule has 3 N–H and O–H groups in total. The third kappa shape index (κ3) is 3.89. The van der Waals surface area contributed by atoms with Crippen LogP contribution in [0.25, 0.3) is 0 Å². The highest BCUT2D eigenvalue weighted by Gasteiger charge is 2.10. The average Bonchev–Trinajstić information content (AvgIpc) is 2.37. The average molecular weight is 241 g/mol. The van der Waals surface area contributed by atoms with Gasteiger partial charge in [-0.2, -0.15) is 0 Å². The minimum atomic E-state index is -0.633. The number of benzene rings is 1. The van der Waals surface area contributed by atoms with Gasteiger partial charge >= 0.3 is 0 Å². The SMILES string of the molecule is COc1cccc(COCC(O)CN)c1OC. The van der Waals surface area contributed by atoms with Gasteiger partial charge in [-0.15, -0.1) is 0 Å². The van der Waals surface area contributed by atoms with Gasteiger partial charge in [0.1, 0.15) is 0 Å². The summed E-state index contributed by atoms with van der Waals surface area (Å²) in [5, 5.41) is 9.26. The summed E-state index contributed by atoms with van der Waals surface area (Å²) < 4.78 is 15.8. The van der Waals surface area contributed by atoms with E-state index in [0.717, 1.165) is 5.56 Å². The van der Waals surface area contributed by atoms with E-state index in [1.807, 2.05) is 18.2 Å². The van der Waals surface area contributed by atoms with Gasteiger partial charge in [-0.3, -0.25) is 0 Å². The number of ether oxygens (including phenoxy) is 3. The first kappa shape index (κ1) is 13.8. The second-order valence-corrected chi connectivity index (χ2v) is 3.56. The topological polar surface area (TPSA) is 73.9 Å². The summed E-state index contributed by atoms with van der Waals surface area (Å²) in [6.07, 6.45) is -0.633. The quantitative estimate of drug-likeness (QED) is 0.729. The number of methoxy groups -OCH3 is 2. The molecule has 0 saturated carbocycles. The molecule has 1 atom stereocenters. The first-order chi connectivity index (χ1) is 8.22. The fourth-order valence-corrected chi connectivity index (χ4v) is 1.44. The standard InChI is InChI=1S/C12H19NO4/c1-15-11-5-3-4-9(12(11)16-2)7-17-8-10(14)6-13/h3-5,10,14H,6-8,13H2,1-2H3. The van der Waals surface area contributed by atoms with E-state index < -0.39 is 6.10 Å². The Hall–Kier alpha value is -1.30. The third-order valence-corrected chi connectivity index (χ3v) is 2.32. The van der Waals surface area contributed by atoms with Gasteiger partial charge in [-0.1, -0.05) is 12.1 Å². The zero-order chi connectivity index (χ0) is 12.7. The van der Waals surface area contributed by atoms with Crippen molar-refractivity contribution in [1.29, 1.82) is 0 Å². The molecular weight excluding hydrogens is 222 g/mol. The summed E-state index contributed by atoms with van der Waals surface area (Å²) in [7, 11) is 3.16. The van der Waals surface area contributed by atoms with E-state index >= 15 is 0 Å². The molecule has 0 fully saturated rings. The Kier molecular flexibility index (Phi) is 5.76.